The second-order valence-corrected chi connectivity index (χ2v) is 4.50. The summed E-state index contributed by atoms with van der Waals surface area (Å²) in [6, 6.07) is 0. The molecule has 0 saturated heterocycles. The van der Waals surface area contributed by atoms with Gasteiger partial charge in [0.2, 0.25) is 5.16 Å². The van der Waals surface area contributed by atoms with Crippen LogP contribution in [0.15, 0.2) is 11.5 Å². The summed E-state index contributed by atoms with van der Waals surface area (Å²) in [6.45, 7) is 3.72. The topological polar surface area (TPSA) is 83.0 Å². The van der Waals surface area contributed by atoms with Crippen molar-refractivity contribution in [2.24, 2.45) is 5.92 Å². The van der Waals surface area contributed by atoms with Gasteiger partial charge in [-0.05, 0) is 0 Å². The Morgan fingerprint density at radius 2 is 2.33 bits per heavy atom. The highest BCUT2D eigenvalue weighted by molar-refractivity contribution is 7.99. The zero-order chi connectivity index (χ0) is 11.4. The van der Waals surface area contributed by atoms with Crippen LogP contribution in [0.1, 0.15) is 13.8 Å². The van der Waals surface area contributed by atoms with Gasteiger partial charge in [0.1, 0.15) is 6.33 Å². The smallest absolute Gasteiger partial charge is 0.309 e. The second kappa shape index (κ2) is 5.01. The molecule has 0 radical (unpaired) electrons. The lowest BCUT2D eigenvalue weighted by Crippen LogP contribution is -2.22. The number of nitrogens with zero attached hydrogens (tertiary/aromatic N) is 3. The van der Waals surface area contributed by atoms with Gasteiger partial charge in [-0.25, -0.2) is 4.68 Å². The van der Waals surface area contributed by atoms with Gasteiger partial charge in [0.15, 0.2) is 0 Å². The molecule has 7 heteroatoms. The van der Waals surface area contributed by atoms with Crippen molar-refractivity contribution in [3.63, 3.8) is 0 Å². The van der Waals surface area contributed by atoms with Gasteiger partial charge in [0.25, 0.3) is 0 Å². The maximum absolute atomic E-state index is 11.3. The number of thioether (sulfide) groups is 1. The van der Waals surface area contributed by atoms with Crippen molar-refractivity contribution < 1.29 is 9.53 Å². The SMILES string of the molecule is COC(=O)C(C)C(C)Sc1nncn1N. The van der Waals surface area contributed by atoms with Crippen molar-refractivity contribution in [1.82, 2.24) is 14.9 Å². The van der Waals surface area contributed by atoms with Crippen LogP contribution in [0.2, 0.25) is 0 Å². The summed E-state index contributed by atoms with van der Waals surface area (Å²) in [6.07, 6.45) is 1.41. The summed E-state index contributed by atoms with van der Waals surface area (Å²) in [7, 11) is 1.38. The van der Waals surface area contributed by atoms with Gasteiger partial charge in [-0.15, -0.1) is 10.2 Å². The first-order chi connectivity index (χ1) is 7.06. The standard InChI is InChI=1S/C8H14N4O2S/c1-5(7(13)14-3)6(2)15-8-11-10-4-12(8)9/h4-6H,9H2,1-3H3. The third-order valence-corrected chi connectivity index (χ3v) is 3.39. The van der Waals surface area contributed by atoms with E-state index in [-0.39, 0.29) is 17.1 Å². The quantitative estimate of drug-likeness (QED) is 0.454. The molecule has 0 bridgehead atoms. The fourth-order valence-electron chi connectivity index (χ4n) is 0.962. The van der Waals surface area contributed by atoms with E-state index in [2.05, 4.69) is 14.9 Å². The Balaban J connectivity index is 2.59. The molecule has 0 aliphatic heterocycles. The summed E-state index contributed by atoms with van der Waals surface area (Å²) in [5, 5.41) is 8.09. The first-order valence-corrected chi connectivity index (χ1v) is 5.33. The number of aromatic nitrogens is 3. The Morgan fingerprint density at radius 1 is 1.67 bits per heavy atom. The van der Waals surface area contributed by atoms with Crippen LogP contribution in [0, 0.1) is 5.92 Å². The van der Waals surface area contributed by atoms with Crippen molar-refractivity contribution >= 4 is 17.7 Å². The van der Waals surface area contributed by atoms with Crippen molar-refractivity contribution in [3.8, 4) is 0 Å². The molecule has 1 heterocycles. The minimum atomic E-state index is -0.238. The molecule has 0 fully saturated rings. The summed E-state index contributed by atoms with van der Waals surface area (Å²) in [5.41, 5.74) is 0. The zero-order valence-corrected chi connectivity index (χ0v) is 9.69. The predicted molar refractivity (Wildman–Crippen MR) is 56.7 cm³/mol. The molecule has 1 aromatic rings. The third-order valence-electron chi connectivity index (χ3n) is 2.11. The summed E-state index contributed by atoms with van der Waals surface area (Å²) in [4.78, 5) is 11.3. The number of rotatable bonds is 4. The van der Waals surface area contributed by atoms with Crippen LogP contribution in [0.25, 0.3) is 0 Å². The summed E-state index contributed by atoms with van der Waals surface area (Å²) >= 11 is 1.39. The maximum atomic E-state index is 11.3. The summed E-state index contributed by atoms with van der Waals surface area (Å²) in [5.74, 6) is 5.10. The van der Waals surface area contributed by atoms with Gasteiger partial charge in [0.05, 0.1) is 13.0 Å². The van der Waals surface area contributed by atoms with Crippen LogP contribution in [0.4, 0.5) is 0 Å². The van der Waals surface area contributed by atoms with Crippen molar-refractivity contribution in [1.29, 1.82) is 0 Å². The van der Waals surface area contributed by atoms with Crippen molar-refractivity contribution in [2.45, 2.75) is 24.3 Å². The molecular formula is C8H14N4O2S. The lowest BCUT2D eigenvalue weighted by atomic mass is 10.1. The average molecular weight is 230 g/mol. The molecular weight excluding hydrogens is 216 g/mol. The number of nitrogens with two attached hydrogens (primary N) is 1. The molecule has 84 valence electrons. The molecule has 2 atom stereocenters. The minimum Gasteiger partial charge on any atom is -0.469 e. The van der Waals surface area contributed by atoms with Crippen LogP contribution >= 0.6 is 11.8 Å². The van der Waals surface area contributed by atoms with Gasteiger partial charge in [-0.1, -0.05) is 25.6 Å². The Labute approximate surface area is 92.2 Å². The first kappa shape index (κ1) is 11.8. The van der Waals surface area contributed by atoms with E-state index < -0.39 is 0 Å². The molecule has 0 aromatic carbocycles. The Hall–Kier alpha value is -1.24. The van der Waals surface area contributed by atoms with Crippen molar-refractivity contribution in [3.05, 3.63) is 6.33 Å². The van der Waals surface area contributed by atoms with E-state index >= 15 is 0 Å². The van der Waals surface area contributed by atoms with E-state index in [9.17, 15) is 4.79 Å². The molecule has 2 N–H and O–H groups in total. The number of carbonyl (C=O) groups is 1. The highest BCUT2D eigenvalue weighted by Crippen LogP contribution is 2.25. The summed E-state index contributed by atoms with van der Waals surface area (Å²) < 4.78 is 5.98. The van der Waals surface area contributed by atoms with Gasteiger partial charge >= 0.3 is 5.97 Å². The molecule has 0 spiro atoms. The molecule has 0 saturated carbocycles. The lowest BCUT2D eigenvalue weighted by Gasteiger charge is -2.15. The zero-order valence-electron chi connectivity index (χ0n) is 8.88. The van der Waals surface area contributed by atoms with E-state index in [1.807, 2.05) is 6.92 Å². The van der Waals surface area contributed by atoms with E-state index in [4.69, 9.17) is 5.84 Å². The Morgan fingerprint density at radius 3 is 2.80 bits per heavy atom. The number of methoxy groups -OCH3 is 1. The Bertz CT molecular complexity index is 341. The number of esters is 1. The number of hydrogen-bond donors (Lipinski definition) is 1. The molecule has 0 amide bonds. The fraction of sp³-hybridized carbons (Fsp3) is 0.625. The fourth-order valence-corrected chi connectivity index (χ4v) is 1.87. The van der Waals surface area contributed by atoms with Crippen LogP contribution < -0.4 is 5.84 Å². The van der Waals surface area contributed by atoms with Gasteiger partial charge in [-0.2, -0.15) is 0 Å². The second-order valence-electron chi connectivity index (χ2n) is 3.16. The van der Waals surface area contributed by atoms with Gasteiger partial charge in [-0.3, -0.25) is 4.79 Å². The third kappa shape index (κ3) is 2.85. The number of ether oxygens (including phenoxy) is 1. The van der Waals surface area contributed by atoms with Gasteiger partial charge < -0.3 is 10.6 Å². The highest BCUT2D eigenvalue weighted by atomic mass is 32.2. The van der Waals surface area contributed by atoms with Crippen LogP contribution in [0.3, 0.4) is 0 Å². The molecule has 0 aliphatic carbocycles. The maximum Gasteiger partial charge on any atom is 0.309 e. The molecule has 15 heavy (non-hydrogen) atoms. The number of hydrogen-bond acceptors (Lipinski definition) is 6. The molecule has 0 aliphatic rings. The predicted octanol–water partition coefficient (Wildman–Crippen LogP) is 0.282. The minimum absolute atomic E-state index is 0.0314. The molecule has 1 rings (SSSR count). The monoisotopic (exact) mass is 230 g/mol. The van der Waals surface area contributed by atoms with E-state index in [1.54, 1.807) is 6.92 Å². The van der Waals surface area contributed by atoms with E-state index in [1.165, 1.54) is 29.9 Å². The number of nitrogen functional groups attached to an aromatic ring is 1. The normalized spacial score (nSPS) is 14.6. The Kier molecular flexibility index (Phi) is 3.96. The molecule has 6 nitrogen and oxygen atoms in total. The van der Waals surface area contributed by atoms with Crippen LogP contribution in [-0.4, -0.2) is 33.2 Å². The first-order valence-electron chi connectivity index (χ1n) is 4.45. The van der Waals surface area contributed by atoms with Crippen LogP contribution in [-0.2, 0) is 9.53 Å². The molecule has 2 unspecified atom stereocenters. The van der Waals surface area contributed by atoms with Crippen LogP contribution in [0.5, 0.6) is 0 Å². The number of carbonyl (C=O) groups excluding carboxylic acids is 1. The van der Waals surface area contributed by atoms with Crippen molar-refractivity contribution in [2.75, 3.05) is 13.0 Å². The molecule has 1 aromatic heterocycles. The van der Waals surface area contributed by atoms with E-state index in [0.717, 1.165) is 0 Å². The largest absolute Gasteiger partial charge is 0.469 e. The average Bonchev–Trinajstić information content (AvgIpc) is 2.62. The highest BCUT2D eigenvalue weighted by Gasteiger charge is 2.23. The van der Waals surface area contributed by atoms with E-state index in [0.29, 0.717) is 5.16 Å². The lowest BCUT2D eigenvalue weighted by molar-refractivity contribution is -0.144. The van der Waals surface area contributed by atoms with Gasteiger partial charge in [0, 0.05) is 5.25 Å².